The first kappa shape index (κ1) is 20.9. The number of benzene rings is 2. The van der Waals surface area contributed by atoms with Crippen molar-refractivity contribution in [1.29, 1.82) is 0 Å². The zero-order chi connectivity index (χ0) is 19.5. The molecule has 1 amide bonds. The summed E-state index contributed by atoms with van der Waals surface area (Å²) in [6.45, 7) is 3.52. The monoisotopic (exact) mass is 432 g/mol. The predicted molar refractivity (Wildman–Crippen MR) is 109 cm³/mol. The third-order valence-electron chi connectivity index (χ3n) is 3.46. The fourth-order valence-electron chi connectivity index (χ4n) is 2.02. The molecule has 0 aliphatic rings. The van der Waals surface area contributed by atoms with E-state index in [0.717, 1.165) is 4.90 Å². The number of amides is 1. The van der Waals surface area contributed by atoms with Crippen LogP contribution in [0.4, 0.5) is 11.4 Å². The van der Waals surface area contributed by atoms with Gasteiger partial charge in [-0.2, -0.15) is 0 Å². The number of anilines is 2. The average Bonchev–Trinajstić information content (AvgIpc) is 2.58. The van der Waals surface area contributed by atoms with Crippen molar-refractivity contribution in [3.63, 3.8) is 0 Å². The van der Waals surface area contributed by atoms with Gasteiger partial charge >= 0.3 is 0 Å². The third-order valence-corrected chi connectivity index (χ3v) is 6.44. The van der Waals surface area contributed by atoms with Crippen LogP contribution in [0.5, 0.6) is 0 Å². The van der Waals surface area contributed by atoms with Crippen molar-refractivity contribution in [2.24, 2.45) is 5.92 Å². The number of thioether (sulfide) groups is 1. The van der Waals surface area contributed by atoms with Crippen LogP contribution in [0.1, 0.15) is 13.8 Å². The Bertz CT molecular complexity index is 932. The first-order valence-corrected chi connectivity index (χ1v) is 11.1. The average molecular weight is 433 g/mol. The van der Waals surface area contributed by atoms with Gasteiger partial charge in [0.1, 0.15) is 0 Å². The van der Waals surface area contributed by atoms with Crippen molar-refractivity contribution in [2.75, 3.05) is 16.3 Å². The van der Waals surface area contributed by atoms with Crippen molar-refractivity contribution >= 4 is 62.3 Å². The van der Waals surface area contributed by atoms with Crippen LogP contribution >= 0.6 is 35.0 Å². The molecular weight excluding hydrogens is 415 g/mol. The van der Waals surface area contributed by atoms with Gasteiger partial charge in [0.05, 0.1) is 26.3 Å². The number of carbonyl (C=O) groups is 1. The van der Waals surface area contributed by atoms with E-state index in [1.807, 2.05) is 6.26 Å². The fraction of sp³-hybridized carbons (Fsp3) is 0.235. The van der Waals surface area contributed by atoms with Gasteiger partial charge in [-0.05, 0) is 36.6 Å². The summed E-state index contributed by atoms with van der Waals surface area (Å²) in [4.78, 5) is 12.8. The lowest BCUT2D eigenvalue weighted by Gasteiger charge is -2.15. The lowest BCUT2D eigenvalue weighted by atomic mass is 10.2. The Hall–Kier alpha value is -1.41. The minimum Gasteiger partial charge on any atom is -0.325 e. The Balaban J connectivity index is 2.40. The second-order valence-electron chi connectivity index (χ2n) is 5.71. The molecule has 26 heavy (non-hydrogen) atoms. The molecule has 0 spiro atoms. The highest BCUT2D eigenvalue weighted by Crippen LogP contribution is 2.33. The maximum absolute atomic E-state index is 12.7. The third kappa shape index (κ3) is 4.85. The van der Waals surface area contributed by atoms with Gasteiger partial charge in [0, 0.05) is 10.8 Å². The van der Waals surface area contributed by atoms with Crippen LogP contribution in [0, 0.1) is 5.92 Å². The molecule has 2 N–H and O–H groups in total. The van der Waals surface area contributed by atoms with E-state index in [9.17, 15) is 13.2 Å². The van der Waals surface area contributed by atoms with Crippen LogP contribution in [-0.2, 0) is 14.8 Å². The molecule has 2 aromatic carbocycles. The van der Waals surface area contributed by atoms with Gasteiger partial charge in [-0.25, -0.2) is 8.42 Å². The van der Waals surface area contributed by atoms with Gasteiger partial charge in [0.15, 0.2) is 0 Å². The summed E-state index contributed by atoms with van der Waals surface area (Å²) in [6.07, 6.45) is 1.85. The maximum atomic E-state index is 12.7. The van der Waals surface area contributed by atoms with E-state index in [2.05, 4.69) is 10.0 Å². The zero-order valence-corrected chi connectivity index (χ0v) is 17.5. The molecular formula is C17H18Cl2N2O3S2. The van der Waals surface area contributed by atoms with Gasteiger partial charge in [0.2, 0.25) is 5.91 Å². The van der Waals surface area contributed by atoms with Crippen LogP contribution in [-0.4, -0.2) is 20.6 Å². The van der Waals surface area contributed by atoms with Crippen LogP contribution in [0.25, 0.3) is 0 Å². The topological polar surface area (TPSA) is 75.3 Å². The minimum absolute atomic E-state index is 0.00500. The molecule has 0 saturated carbocycles. The summed E-state index contributed by atoms with van der Waals surface area (Å²) >= 11 is 13.4. The van der Waals surface area contributed by atoms with Crippen molar-refractivity contribution < 1.29 is 13.2 Å². The molecule has 0 atom stereocenters. The Morgan fingerprint density at radius 2 is 1.81 bits per heavy atom. The van der Waals surface area contributed by atoms with Crippen molar-refractivity contribution in [1.82, 2.24) is 0 Å². The summed E-state index contributed by atoms with van der Waals surface area (Å²) in [6, 6.07) is 9.22. The molecule has 0 saturated heterocycles. The molecule has 0 unspecified atom stereocenters. The van der Waals surface area contributed by atoms with E-state index < -0.39 is 10.0 Å². The Kier molecular flexibility index (Phi) is 6.85. The van der Waals surface area contributed by atoms with Gasteiger partial charge in [0.25, 0.3) is 10.0 Å². The molecule has 0 bridgehead atoms. The van der Waals surface area contributed by atoms with Crippen molar-refractivity contribution in [3.8, 4) is 0 Å². The highest BCUT2D eigenvalue weighted by Gasteiger charge is 2.19. The Morgan fingerprint density at radius 3 is 2.42 bits per heavy atom. The molecule has 0 radical (unpaired) electrons. The molecule has 2 aromatic rings. The SMILES string of the molecule is CSc1ccc(S(=O)(=O)Nc2cccc(Cl)c2Cl)cc1NC(=O)C(C)C. The first-order valence-electron chi connectivity index (χ1n) is 7.61. The highest BCUT2D eigenvalue weighted by molar-refractivity contribution is 7.98. The molecule has 0 fully saturated rings. The van der Waals surface area contributed by atoms with Crippen LogP contribution in [0.2, 0.25) is 10.0 Å². The number of rotatable bonds is 6. The molecule has 5 nitrogen and oxygen atoms in total. The van der Waals surface area contributed by atoms with E-state index in [0.29, 0.717) is 5.69 Å². The Morgan fingerprint density at radius 1 is 1.12 bits per heavy atom. The van der Waals surface area contributed by atoms with E-state index >= 15 is 0 Å². The Labute approximate surface area is 167 Å². The molecule has 0 aromatic heterocycles. The van der Waals surface area contributed by atoms with Crippen molar-refractivity contribution in [2.45, 2.75) is 23.6 Å². The number of sulfonamides is 1. The van der Waals surface area contributed by atoms with Gasteiger partial charge in [-0.1, -0.05) is 43.1 Å². The highest BCUT2D eigenvalue weighted by atomic mass is 35.5. The predicted octanol–water partition coefficient (Wildman–Crippen LogP) is 5.11. The quantitative estimate of drug-likeness (QED) is 0.621. The standard InChI is InChI=1S/C17H18Cl2N2O3S2/c1-10(2)17(22)20-14-9-11(7-8-15(14)25-3)26(23,24)21-13-6-4-5-12(18)16(13)19/h4-10,21H,1-3H3,(H,20,22). The number of nitrogens with one attached hydrogen (secondary N) is 2. The summed E-state index contributed by atoms with van der Waals surface area (Å²) in [5, 5.41) is 3.12. The summed E-state index contributed by atoms with van der Waals surface area (Å²) in [5.74, 6) is -0.422. The van der Waals surface area contributed by atoms with Crippen LogP contribution in [0.3, 0.4) is 0 Å². The summed E-state index contributed by atoms with van der Waals surface area (Å²) < 4.78 is 27.8. The maximum Gasteiger partial charge on any atom is 0.262 e. The summed E-state index contributed by atoms with van der Waals surface area (Å²) in [5.41, 5.74) is 0.622. The summed E-state index contributed by atoms with van der Waals surface area (Å²) in [7, 11) is -3.91. The molecule has 0 aliphatic heterocycles. The van der Waals surface area contributed by atoms with Crippen LogP contribution in [0.15, 0.2) is 46.2 Å². The lowest BCUT2D eigenvalue weighted by Crippen LogP contribution is -2.19. The lowest BCUT2D eigenvalue weighted by molar-refractivity contribution is -0.118. The second-order valence-corrected chi connectivity index (χ2v) is 9.03. The number of halogens is 2. The number of carbonyl (C=O) groups excluding carboxylic acids is 1. The first-order chi connectivity index (χ1) is 12.2. The molecule has 2 rings (SSSR count). The van der Waals surface area contributed by atoms with E-state index in [1.54, 1.807) is 32.0 Å². The second kappa shape index (κ2) is 8.52. The van der Waals surface area contributed by atoms with Gasteiger partial charge < -0.3 is 5.32 Å². The number of hydrogen-bond acceptors (Lipinski definition) is 4. The smallest absolute Gasteiger partial charge is 0.262 e. The fourth-order valence-corrected chi connectivity index (χ4v) is 4.05. The normalized spacial score (nSPS) is 11.5. The molecule has 140 valence electrons. The van der Waals surface area contributed by atoms with E-state index in [1.165, 1.54) is 30.0 Å². The number of hydrogen-bond donors (Lipinski definition) is 2. The van der Waals surface area contributed by atoms with Gasteiger partial charge in [-0.3, -0.25) is 9.52 Å². The van der Waals surface area contributed by atoms with Crippen molar-refractivity contribution in [3.05, 3.63) is 46.4 Å². The zero-order valence-electron chi connectivity index (χ0n) is 14.3. The van der Waals surface area contributed by atoms with E-state index in [4.69, 9.17) is 23.2 Å². The van der Waals surface area contributed by atoms with Crippen LogP contribution < -0.4 is 10.0 Å². The minimum atomic E-state index is -3.91. The van der Waals surface area contributed by atoms with Gasteiger partial charge in [-0.15, -0.1) is 11.8 Å². The van der Waals surface area contributed by atoms with E-state index in [-0.39, 0.29) is 32.5 Å². The molecule has 0 aliphatic carbocycles. The molecule has 9 heteroatoms. The largest absolute Gasteiger partial charge is 0.325 e. The molecule has 0 heterocycles.